The molecule has 1 saturated heterocycles. The molecule has 1 aliphatic rings. The number of aromatic nitrogens is 3. The first-order valence-corrected chi connectivity index (χ1v) is 11.4. The lowest BCUT2D eigenvalue weighted by atomic mass is 10.1. The van der Waals surface area contributed by atoms with Gasteiger partial charge in [-0.1, -0.05) is 17.7 Å². The number of anilines is 3. The summed E-state index contributed by atoms with van der Waals surface area (Å²) in [4.78, 5) is 34.3. The molecule has 10 heteroatoms. The molecular weight excluding hydrogens is 454 g/mol. The zero-order chi connectivity index (χ0) is 24.1. The van der Waals surface area contributed by atoms with Crippen molar-refractivity contribution in [2.24, 2.45) is 0 Å². The first-order valence-electron chi connectivity index (χ1n) is 11.0. The fraction of sp³-hybridized carbons (Fsp3) is 0.292. The van der Waals surface area contributed by atoms with Crippen LogP contribution in [0.15, 0.2) is 48.7 Å². The van der Waals surface area contributed by atoms with E-state index in [4.69, 9.17) is 11.6 Å². The predicted octanol–water partition coefficient (Wildman–Crippen LogP) is 3.48. The molecule has 0 aliphatic carbocycles. The number of carbonyl (C=O) groups is 2. The molecule has 0 saturated carbocycles. The Morgan fingerprint density at radius 3 is 2.53 bits per heavy atom. The second kappa shape index (κ2) is 10.6. The van der Waals surface area contributed by atoms with Crippen LogP contribution < -0.4 is 15.5 Å². The normalized spacial score (nSPS) is 14.4. The molecule has 0 bridgehead atoms. The standard InChI is InChI=1S/C24H26ClN7O2/c1-16-4-8-21(26-15-16)28-23(33)18-14-17(25)5-6-19(18)27-24(34)20-7-9-22(30-29-20)32-11-3-10-31(2)12-13-32/h4-9,14-15H,3,10-13H2,1-2H3,(H,27,34)(H,26,28,33). The molecule has 0 radical (unpaired) electrons. The number of nitrogens with one attached hydrogen (secondary N) is 2. The van der Waals surface area contributed by atoms with Gasteiger partial charge in [-0.05, 0) is 68.9 Å². The number of hydrogen-bond donors (Lipinski definition) is 2. The number of halogens is 1. The summed E-state index contributed by atoms with van der Waals surface area (Å²) in [6.45, 7) is 5.65. The fourth-order valence-corrected chi connectivity index (χ4v) is 3.79. The van der Waals surface area contributed by atoms with E-state index in [0.717, 1.165) is 44.0 Å². The lowest BCUT2D eigenvalue weighted by molar-refractivity contribution is 0.102. The van der Waals surface area contributed by atoms with Crippen LogP contribution in [0, 0.1) is 6.92 Å². The van der Waals surface area contributed by atoms with Crippen LogP contribution in [0.2, 0.25) is 5.02 Å². The van der Waals surface area contributed by atoms with E-state index in [0.29, 0.717) is 16.5 Å². The van der Waals surface area contributed by atoms with E-state index < -0.39 is 11.8 Å². The van der Waals surface area contributed by atoms with E-state index in [1.807, 2.05) is 13.0 Å². The lowest BCUT2D eigenvalue weighted by Crippen LogP contribution is -2.29. The van der Waals surface area contributed by atoms with Crippen LogP contribution in [0.1, 0.15) is 32.8 Å². The maximum Gasteiger partial charge on any atom is 0.276 e. The third-order valence-corrected chi connectivity index (χ3v) is 5.79. The van der Waals surface area contributed by atoms with Gasteiger partial charge in [0, 0.05) is 30.9 Å². The van der Waals surface area contributed by atoms with Crippen LogP contribution in [0.5, 0.6) is 0 Å². The number of carbonyl (C=O) groups excluding carboxylic acids is 2. The molecule has 1 aromatic carbocycles. The van der Waals surface area contributed by atoms with Gasteiger partial charge in [0.1, 0.15) is 5.82 Å². The van der Waals surface area contributed by atoms with E-state index in [1.54, 1.807) is 36.5 Å². The molecule has 4 rings (SSSR count). The van der Waals surface area contributed by atoms with Gasteiger partial charge in [-0.25, -0.2) is 4.98 Å². The van der Waals surface area contributed by atoms with Crippen LogP contribution in [0.25, 0.3) is 0 Å². The molecule has 9 nitrogen and oxygen atoms in total. The smallest absolute Gasteiger partial charge is 0.276 e. The van der Waals surface area contributed by atoms with Gasteiger partial charge < -0.3 is 20.4 Å². The summed E-state index contributed by atoms with van der Waals surface area (Å²) in [6, 6.07) is 11.7. The summed E-state index contributed by atoms with van der Waals surface area (Å²) < 4.78 is 0. The largest absolute Gasteiger partial charge is 0.354 e. The molecule has 0 atom stereocenters. The molecule has 3 heterocycles. The van der Waals surface area contributed by atoms with E-state index in [9.17, 15) is 9.59 Å². The summed E-state index contributed by atoms with van der Waals surface area (Å²) in [5.41, 5.74) is 1.64. The highest BCUT2D eigenvalue weighted by Gasteiger charge is 2.18. The molecular formula is C24H26ClN7O2. The molecule has 1 aliphatic heterocycles. The minimum atomic E-state index is -0.473. The van der Waals surface area contributed by atoms with Gasteiger partial charge in [-0.15, -0.1) is 10.2 Å². The molecule has 0 spiro atoms. The second-order valence-electron chi connectivity index (χ2n) is 8.24. The Kier molecular flexibility index (Phi) is 7.34. The van der Waals surface area contributed by atoms with E-state index in [-0.39, 0.29) is 11.3 Å². The minimum absolute atomic E-state index is 0.150. The average molecular weight is 480 g/mol. The van der Waals surface area contributed by atoms with Crippen molar-refractivity contribution < 1.29 is 9.59 Å². The summed E-state index contributed by atoms with van der Waals surface area (Å²) >= 11 is 6.11. The van der Waals surface area contributed by atoms with Gasteiger partial charge in [-0.3, -0.25) is 9.59 Å². The maximum absolute atomic E-state index is 12.9. The molecule has 1 fully saturated rings. The lowest BCUT2D eigenvalue weighted by Gasteiger charge is -2.20. The molecule has 176 valence electrons. The highest BCUT2D eigenvalue weighted by Crippen LogP contribution is 2.23. The SMILES string of the molecule is Cc1ccc(NC(=O)c2cc(Cl)ccc2NC(=O)c2ccc(N3CCCN(C)CC3)nn2)nc1. The van der Waals surface area contributed by atoms with Crippen molar-refractivity contribution in [3.8, 4) is 0 Å². The maximum atomic E-state index is 12.9. The van der Waals surface area contributed by atoms with E-state index >= 15 is 0 Å². The number of aryl methyl sites for hydroxylation is 1. The van der Waals surface area contributed by atoms with Gasteiger partial charge in [0.2, 0.25) is 0 Å². The number of benzene rings is 1. The Morgan fingerprint density at radius 2 is 1.79 bits per heavy atom. The second-order valence-corrected chi connectivity index (χ2v) is 8.68. The van der Waals surface area contributed by atoms with Crippen molar-refractivity contribution in [2.75, 3.05) is 48.8 Å². The number of likely N-dealkylation sites (N-methyl/N-ethyl adjacent to an activating group) is 1. The van der Waals surface area contributed by atoms with Gasteiger partial charge in [-0.2, -0.15) is 0 Å². The summed E-state index contributed by atoms with van der Waals surface area (Å²) in [7, 11) is 2.10. The monoisotopic (exact) mass is 479 g/mol. The summed E-state index contributed by atoms with van der Waals surface area (Å²) in [5.74, 6) is 0.222. The Hall–Kier alpha value is -3.56. The van der Waals surface area contributed by atoms with Gasteiger partial charge in [0.05, 0.1) is 11.3 Å². The third-order valence-electron chi connectivity index (χ3n) is 5.55. The number of pyridine rings is 1. The van der Waals surface area contributed by atoms with Crippen LogP contribution in [0.3, 0.4) is 0 Å². The molecule has 2 amide bonds. The molecule has 2 N–H and O–H groups in total. The van der Waals surface area contributed by atoms with E-state index in [2.05, 4.69) is 42.7 Å². The van der Waals surface area contributed by atoms with Gasteiger partial charge >= 0.3 is 0 Å². The molecule has 2 aromatic heterocycles. The topological polar surface area (TPSA) is 103 Å². The first-order chi connectivity index (χ1) is 16.4. The summed E-state index contributed by atoms with van der Waals surface area (Å²) in [5, 5.41) is 14.2. The van der Waals surface area contributed by atoms with Crippen molar-refractivity contribution in [1.82, 2.24) is 20.1 Å². The highest BCUT2D eigenvalue weighted by atomic mass is 35.5. The van der Waals surface area contributed by atoms with Gasteiger partial charge in [0.25, 0.3) is 11.8 Å². The summed E-state index contributed by atoms with van der Waals surface area (Å²) in [6.07, 6.45) is 2.70. The fourth-order valence-electron chi connectivity index (χ4n) is 3.62. The predicted molar refractivity (Wildman–Crippen MR) is 133 cm³/mol. The van der Waals surface area contributed by atoms with Crippen LogP contribution in [-0.2, 0) is 0 Å². The van der Waals surface area contributed by atoms with Crippen LogP contribution in [0.4, 0.5) is 17.3 Å². The van der Waals surface area contributed by atoms with Gasteiger partial charge in [0.15, 0.2) is 11.5 Å². The molecule has 3 aromatic rings. The van der Waals surface area contributed by atoms with Crippen molar-refractivity contribution in [1.29, 1.82) is 0 Å². The van der Waals surface area contributed by atoms with Crippen molar-refractivity contribution in [3.63, 3.8) is 0 Å². The first kappa shape index (κ1) is 23.6. The zero-order valence-corrected chi connectivity index (χ0v) is 19.8. The van der Waals surface area contributed by atoms with Crippen molar-refractivity contribution >= 4 is 40.7 Å². The Balaban J connectivity index is 1.47. The van der Waals surface area contributed by atoms with Crippen LogP contribution in [-0.4, -0.2) is 65.1 Å². The number of rotatable bonds is 5. The molecule has 0 unspecified atom stereocenters. The van der Waals surface area contributed by atoms with Crippen molar-refractivity contribution in [3.05, 3.63) is 70.5 Å². The minimum Gasteiger partial charge on any atom is -0.354 e. The Morgan fingerprint density at radius 1 is 0.941 bits per heavy atom. The number of nitrogens with zero attached hydrogens (tertiary/aromatic N) is 5. The van der Waals surface area contributed by atoms with E-state index in [1.165, 1.54) is 6.07 Å². The number of amides is 2. The zero-order valence-electron chi connectivity index (χ0n) is 19.1. The Bertz CT molecular complexity index is 1170. The van der Waals surface area contributed by atoms with Crippen molar-refractivity contribution in [2.45, 2.75) is 13.3 Å². The third kappa shape index (κ3) is 5.86. The number of hydrogen-bond acceptors (Lipinski definition) is 7. The average Bonchev–Trinajstić information content (AvgIpc) is 3.06. The Labute approximate surface area is 203 Å². The highest BCUT2D eigenvalue weighted by molar-refractivity contribution is 6.31. The molecule has 34 heavy (non-hydrogen) atoms. The van der Waals surface area contributed by atoms with Crippen LogP contribution >= 0.6 is 11.6 Å². The quantitative estimate of drug-likeness (QED) is 0.577.